The molecule has 0 aliphatic rings. The summed E-state index contributed by atoms with van der Waals surface area (Å²) in [6.07, 6.45) is 0. The minimum Gasteiger partial charge on any atom is -0.325 e. The van der Waals surface area contributed by atoms with Crippen LogP contribution in [0, 0.1) is 6.92 Å². The summed E-state index contributed by atoms with van der Waals surface area (Å²) < 4.78 is 2.36. The first-order chi connectivity index (χ1) is 13.8. The van der Waals surface area contributed by atoms with E-state index in [9.17, 15) is 9.59 Å². The maximum atomic E-state index is 12.3. The van der Waals surface area contributed by atoms with Crippen LogP contribution in [0.1, 0.15) is 30.9 Å². The van der Waals surface area contributed by atoms with E-state index < -0.39 is 0 Å². The number of nitrogens with one attached hydrogen (secondary N) is 1. The molecule has 29 heavy (non-hydrogen) atoms. The van der Waals surface area contributed by atoms with Gasteiger partial charge in [0.25, 0.3) is 5.56 Å². The van der Waals surface area contributed by atoms with Gasteiger partial charge in [0, 0.05) is 16.2 Å². The topological polar surface area (TPSA) is 64.0 Å². The predicted octanol–water partition coefficient (Wildman–Crippen LogP) is 5.16. The molecule has 3 aromatic rings. The maximum absolute atomic E-state index is 12.3. The van der Waals surface area contributed by atoms with Crippen LogP contribution < -0.4 is 10.9 Å². The molecule has 0 saturated heterocycles. The Hall–Kier alpha value is -2.38. The molecular weight excluding hydrogens is 450 g/mol. The third-order valence-corrected chi connectivity index (χ3v) is 6.18. The first kappa shape index (κ1) is 21.3. The molecule has 0 atom stereocenters. The number of amides is 1. The van der Waals surface area contributed by atoms with Gasteiger partial charge in [0.15, 0.2) is 0 Å². The summed E-state index contributed by atoms with van der Waals surface area (Å²) >= 11 is 4.74. The van der Waals surface area contributed by atoms with Crippen LogP contribution in [0.5, 0.6) is 0 Å². The van der Waals surface area contributed by atoms with Crippen molar-refractivity contribution in [3.63, 3.8) is 0 Å². The summed E-state index contributed by atoms with van der Waals surface area (Å²) in [4.78, 5) is 24.5. The van der Waals surface area contributed by atoms with Gasteiger partial charge in [0.1, 0.15) is 5.03 Å². The first-order valence-corrected chi connectivity index (χ1v) is 11.0. The highest BCUT2D eigenvalue weighted by atomic mass is 79.9. The largest absolute Gasteiger partial charge is 0.325 e. The van der Waals surface area contributed by atoms with Gasteiger partial charge in [0.2, 0.25) is 5.91 Å². The number of benzene rings is 2. The number of carbonyl (C=O) groups excluding carboxylic acids is 1. The van der Waals surface area contributed by atoms with E-state index in [1.54, 1.807) is 6.07 Å². The lowest BCUT2D eigenvalue weighted by Gasteiger charge is -2.10. The van der Waals surface area contributed by atoms with Crippen molar-refractivity contribution >= 4 is 39.3 Å². The summed E-state index contributed by atoms with van der Waals surface area (Å²) in [5.41, 5.74) is 3.50. The number of aromatic nitrogens is 2. The highest BCUT2D eigenvalue weighted by Gasteiger charge is 2.09. The number of halogens is 1. The molecule has 150 valence electrons. The van der Waals surface area contributed by atoms with Gasteiger partial charge < -0.3 is 5.32 Å². The van der Waals surface area contributed by atoms with E-state index >= 15 is 0 Å². The highest BCUT2D eigenvalue weighted by molar-refractivity contribution is 9.10. The first-order valence-electron chi connectivity index (χ1n) is 9.23. The molecule has 0 aliphatic carbocycles. The second-order valence-corrected chi connectivity index (χ2v) is 8.82. The number of aryl methyl sites for hydroxylation is 1. The van der Waals surface area contributed by atoms with Gasteiger partial charge in [-0.15, -0.1) is 0 Å². The molecule has 0 bridgehead atoms. The highest BCUT2D eigenvalue weighted by Crippen LogP contribution is 2.21. The number of hydrogen-bond donors (Lipinski definition) is 1. The molecular formula is C22H22BrN3O2S. The minimum absolute atomic E-state index is 0.127. The van der Waals surface area contributed by atoms with Crippen molar-refractivity contribution in [1.82, 2.24) is 9.78 Å². The number of thioether (sulfide) groups is 1. The lowest BCUT2D eigenvalue weighted by molar-refractivity contribution is -0.113. The van der Waals surface area contributed by atoms with Crippen LogP contribution in [0.4, 0.5) is 5.69 Å². The van der Waals surface area contributed by atoms with Crippen LogP contribution in [-0.2, 0) is 4.79 Å². The SMILES string of the molecule is Cc1cc(NC(=O)CSc2ccc(=O)n(-c3ccc(C(C)C)cc3)n2)ccc1Br. The summed E-state index contributed by atoms with van der Waals surface area (Å²) in [5.74, 6) is 0.494. The van der Waals surface area contributed by atoms with Crippen LogP contribution in [-0.4, -0.2) is 21.4 Å². The van der Waals surface area contributed by atoms with E-state index in [4.69, 9.17) is 0 Å². The number of rotatable bonds is 6. The van der Waals surface area contributed by atoms with E-state index in [1.807, 2.05) is 49.4 Å². The van der Waals surface area contributed by atoms with Gasteiger partial charge in [-0.3, -0.25) is 9.59 Å². The minimum atomic E-state index is -0.207. The average molecular weight is 472 g/mol. The Bertz CT molecular complexity index is 1080. The van der Waals surface area contributed by atoms with Crippen molar-refractivity contribution in [2.75, 3.05) is 11.1 Å². The van der Waals surface area contributed by atoms with Gasteiger partial charge >= 0.3 is 0 Å². The normalized spacial score (nSPS) is 10.9. The molecule has 3 rings (SSSR count). The van der Waals surface area contributed by atoms with E-state index in [0.717, 1.165) is 15.7 Å². The standard InChI is InChI=1S/C22H22BrN3O2S/c1-14(2)16-4-7-18(8-5-16)26-22(28)11-10-21(25-26)29-13-20(27)24-17-6-9-19(23)15(3)12-17/h4-12,14H,13H2,1-3H3,(H,24,27). The Kier molecular flexibility index (Phi) is 6.92. The monoisotopic (exact) mass is 471 g/mol. The fraction of sp³-hybridized carbons (Fsp3) is 0.227. The van der Waals surface area contributed by atoms with E-state index in [-0.39, 0.29) is 17.2 Å². The molecule has 2 aromatic carbocycles. The zero-order chi connectivity index (χ0) is 21.0. The molecule has 0 saturated carbocycles. The molecule has 1 amide bonds. The van der Waals surface area contributed by atoms with Crippen LogP contribution in [0.2, 0.25) is 0 Å². The quantitative estimate of drug-likeness (QED) is 0.504. The number of carbonyl (C=O) groups is 1. The number of nitrogens with zero attached hydrogens (tertiary/aromatic N) is 2. The third kappa shape index (κ3) is 5.58. The van der Waals surface area contributed by atoms with Gasteiger partial charge in [-0.05, 0) is 60.4 Å². The second kappa shape index (κ2) is 9.41. The molecule has 0 unspecified atom stereocenters. The van der Waals surface area contributed by atoms with Crippen LogP contribution in [0.25, 0.3) is 5.69 Å². The van der Waals surface area contributed by atoms with Gasteiger partial charge in [0.05, 0.1) is 11.4 Å². The predicted molar refractivity (Wildman–Crippen MR) is 122 cm³/mol. The molecule has 0 aliphatic heterocycles. The second-order valence-electron chi connectivity index (χ2n) is 6.97. The lowest BCUT2D eigenvalue weighted by Crippen LogP contribution is -2.21. The Morgan fingerprint density at radius 3 is 2.52 bits per heavy atom. The van der Waals surface area contributed by atoms with Crippen molar-refractivity contribution in [1.29, 1.82) is 0 Å². The molecule has 0 fully saturated rings. The van der Waals surface area contributed by atoms with Crippen LogP contribution in [0.3, 0.4) is 0 Å². The van der Waals surface area contributed by atoms with E-state index in [1.165, 1.54) is 28.1 Å². The average Bonchev–Trinajstić information content (AvgIpc) is 2.70. The summed E-state index contributed by atoms with van der Waals surface area (Å²) in [5, 5.41) is 7.89. The molecule has 0 spiro atoms. The molecule has 5 nitrogen and oxygen atoms in total. The van der Waals surface area contributed by atoms with Crippen LogP contribution >= 0.6 is 27.7 Å². The van der Waals surface area contributed by atoms with Crippen molar-refractivity contribution in [3.05, 3.63) is 80.6 Å². The molecule has 1 N–H and O–H groups in total. The summed E-state index contributed by atoms with van der Waals surface area (Å²) in [6.45, 7) is 6.21. The Balaban J connectivity index is 1.68. The fourth-order valence-corrected chi connectivity index (χ4v) is 3.62. The van der Waals surface area contributed by atoms with Crippen molar-refractivity contribution in [3.8, 4) is 5.69 Å². The van der Waals surface area contributed by atoms with E-state index in [0.29, 0.717) is 16.6 Å². The molecule has 7 heteroatoms. The van der Waals surface area contributed by atoms with Gasteiger partial charge in [-0.2, -0.15) is 9.78 Å². The van der Waals surface area contributed by atoms with Crippen molar-refractivity contribution in [2.24, 2.45) is 0 Å². The van der Waals surface area contributed by atoms with Crippen molar-refractivity contribution < 1.29 is 4.79 Å². The lowest BCUT2D eigenvalue weighted by atomic mass is 10.0. The summed E-state index contributed by atoms with van der Waals surface area (Å²) in [7, 11) is 0. The zero-order valence-corrected chi connectivity index (χ0v) is 18.9. The summed E-state index contributed by atoms with van der Waals surface area (Å²) in [6, 6.07) is 16.6. The Morgan fingerprint density at radius 2 is 1.86 bits per heavy atom. The van der Waals surface area contributed by atoms with Crippen LogP contribution in [0.15, 0.2) is 68.9 Å². The van der Waals surface area contributed by atoms with Crippen molar-refractivity contribution in [2.45, 2.75) is 31.7 Å². The zero-order valence-electron chi connectivity index (χ0n) is 16.5. The van der Waals surface area contributed by atoms with Gasteiger partial charge in [-0.25, -0.2) is 0 Å². The fourth-order valence-electron chi connectivity index (χ4n) is 2.72. The molecule has 0 radical (unpaired) electrons. The Morgan fingerprint density at radius 1 is 1.14 bits per heavy atom. The number of hydrogen-bond acceptors (Lipinski definition) is 4. The number of anilines is 1. The smallest absolute Gasteiger partial charge is 0.271 e. The Labute approximate surface area is 182 Å². The third-order valence-electron chi connectivity index (χ3n) is 4.37. The molecule has 1 aromatic heterocycles. The van der Waals surface area contributed by atoms with Gasteiger partial charge in [-0.1, -0.05) is 53.7 Å². The van der Waals surface area contributed by atoms with E-state index in [2.05, 4.69) is 40.2 Å². The maximum Gasteiger partial charge on any atom is 0.271 e. The molecule has 1 heterocycles.